The van der Waals surface area contributed by atoms with Crippen molar-refractivity contribution in [1.29, 1.82) is 0 Å². The molecule has 3 heteroatoms. The van der Waals surface area contributed by atoms with Crippen molar-refractivity contribution in [3.63, 3.8) is 0 Å². The molecule has 2 aromatic rings. The lowest BCUT2D eigenvalue weighted by molar-refractivity contribution is -0.138. The van der Waals surface area contributed by atoms with Crippen LogP contribution in [0.15, 0.2) is 66.2 Å². The highest BCUT2D eigenvalue weighted by Gasteiger charge is 2.16. The SMILES string of the molecule is CCOC(=O)C(C)=C(Oc1ccccc1)c1ccccc1. The Bertz CT molecular complexity index is 615. The van der Waals surface area contributed by atoms with Crippen molar-refractivity contribution in [1.82, 2.24) is 0 Å². The number of ether oxygens (including phenoxy) is 2. The lowest BCUT2D eigenvalue weighted by Crippen LogP contribution is -2.10. The van der Waals surface area contributed by atoms with Crippen LogP contribution < -0.4 is 4.74 Å². The van der Waals surface area contributed by atoms with Gasteiger partial charge in [0.2, 0.25) is 0 Å². The summed E-state index contributed by atoms with van der Waals surface area (Å²) in [5, 5.41) is 0. The third-order valence-electron chi connectivity index (χ3n) is 2.92. The molecule has 0 aliphatic heterocycles. The van der Waals surface area contributed by atoms with Gasteiger partial charge in [-0.25, -0.2) is 4.79 Å². The molecule has 0 aromatic heterocycles. The van der Waals surface area contributed by atoms with E-state index in [1.54, 1.807) is 13.8 Å². The fourth-order valence-corrected chi connectivity index (χ4v) is 1.88. The van der Waals surface area contributed by atoms with E-state index in [4.69, 9.17) is 9.47 Å². The molecule has 0 aliphatic carbocycles. The first-order valence-corrected chi connectivity index (χ1v) is 6.88. The Hall–Kier alpha value is -2.55. The van der Waals surface area contributed by atoms with E-state index in [1.165, 1.54) is 0 Å². The zero-order chi connectivity index (χ0) is 15.1. The molecule has 2 aromatic carbocycles. The highest BCUT2D eigenvalue weighted by molar-refractivity contribution is 5.95. The van der Waals surface area contributed by atoms with Gasteiger partial charge in [0, 0.05) is 5.56 Å². The summed E-state index contributed by atoms with van der Waals surface area (Å²) in [5.74, 6) is 0.826. The number of carbonyl (C=O) groups excluding carboxylic acids is 1. The maximum absolute atomic E-state index is 12.0. The fourth-order valence-electron chi connectivity index (χ4n) is 1.88. The normalized spacial score (nSPS) is 11.5. The molecular formula is C18H18O3. The minimum atomic E-state index is -0.368. The monoisotopic (exact) mass is 282 g/mol. The summed E-state index contributed by atoms with van der Waals surface area (Å²) in [7, 11) is 0. The number of carbonyl (C=O) groups is 1. The van der Waals surface area contributed by atoms with Crippen LogP contribution in [-0.2, 0) is 9.53 Å². The molecule has 0 atom stereocenters. The number of para-hydroxylation sites is 1. The summed E-state index contributed by atoms with van der Waals surface area (Å²) in [6, 6.07) is 18.9. The van der Waals surface area contributed by atoms with Crippen molar-refractivity contribution in [2.24, 2.45) is 0 Å². The molecule has 2 rings (SSSR count). The minimum absolute atomic E-state index is 0.337. The number of esters is 1. The maximum Gasteiger partial charge on any atom is 0.337 e. The topological polar surface area (TPSA) is 35.5 Å². The third kappa shape index (κ3) is 3.96. The molecule has 0 N–H and O–H groups in total. The van der Waals surface area contributed by atoms with E-state index in [2.05, 4.69) is 0 Å². The van der Waals surface area contributed by atoms with Crippen LogP contribution in [-0.4, -0.2) is 12.6 Å². The highest BCUT2D eigenvalue weighted by Crippen LogP contribution is 2.24. The Morgan fingerprint density at radius 1 is 0.952 bits per heavy atom. The van der Waals surface area contributed by atoms with Gasteiger partial charge in [0.15, 0.2) is 0 Å². The van der Waals surface area contributed by atoms with E-state index in [-0.39, 0.29) is 5.97 Å². The van der Waals surface area contributed by atoms with E-state index in [9.17, 15) is 4.79 Å². The van der Waals surface area contributed by atoms with Gasteiger partial charge in [-0.05, 0) is 26.0 Å². The molecular weight excluding hydrogens is 264 g/mol. The van der Waals surface area contributed by atoms with Gasteiger partial charge >= 0.3 is 5.97 Å². The summed E-state index contributed by atoms with van der Waals surface area (Å²) < 4.78 is 11.0. The predicted molar refractivity (Wildman–Crippen MR) is 82.7 cm³/mol. The fraction of sp³-hybridized carbons (Fsp3) is 0.167. The largest absolute Gasteiger partial charge is 0.463 e. The predicted octanol–water partition coefficient (Wildman–Crippen LogP) is 4.06. The quantitative estimate of drug-likeness (QED) is 0.471. The first-order valence-electron chi connectivity index (χ1n) is 6.88. The van der Waals surface area contributed by atoms with Gasteiger partial charge in [-0.1, -0.05) is 48.5 Å². The highest BCUT2D eigenvalue weighted by atomic mass is 16.5. The zero-order valence-corrected chi connectivity index (χ0v) is 12.2. The second kappa shape index (κ2) is 7.29. The molecule has 0 aliphatic rings. The second-order valence-corrected chi connectivity index (χ2v) is 4.46. The third-order valence-corrected chi connectivity index (χ3v) is 2.92. The van der Waals surface area contributed by atoms with E-state index in [1.807, 2.05) is 60.7 Å². The van der Waals surface area contributed by atoms with Crippen molar-refractivity contribution in [3.8, 4) is 5.75 Å². The van der Waals surface area contributed by atoms with Gasteiger partial charge in [0.1, 0.15) is 11.5 Å². The second-order valence-electron chi connectivity index (χ2n) is 4.46. The summed E-state index contributed by atoms with van der Waals surface area (Å²) in [4.78, 5) is 12.0. The molecule has 0 unspecified atom stereocenters. The van der Waals surface area contributed by atoms with Crippen LogP contribution in [0.2, 0.25) is 0 Å². The first-order chi connectivity index (χ1) is 10.2. The van der Waals surface area contributed by atoms with Gasteiger partial charge in [-0.15, -0.1) is 0 Å². The molecule has 0 spiro atoms. The van der Waals surface area contributed by atoms with Crippen LogP contribution in [0, 0.1) is 0 Å². The van der Waals surface area contributed by atoms with Crippen molar-refractivity contribution in [3.05, 3.63) is 71.8 Å². The number of hydrogen-bond acceptors (Lipinski definition) is 3. The average Bonchev–Trinajstić information content (AvgIpc) is 2.54. The molecule has 108 valence electrons. The Morgan fingerprint density at radius 2 is 1.52 bits per heavy atom. The van der Waals surface area contributed by atoms with Crippen molar-refractivity contribution < 1.29 is 14.3 Å². The molecule has 0 bridgehead atoms. The Balaban J connectivity index is 2.40. The van der Waals surface area contributed by atoms with Crippen molar-refractivity contribution in [2.45, 2.75) is 13.8 Å². The Kier molecular flexibility index (Phi) is 5.16. The molecule has 0 radical (unpaired) electrons. The average molecular weight is 282 g/mol. The first kappa shape index (κ1) is 14.9. The molecule has 0 amide bonds. The van der Waals surface area contributed by atoms with Crippen LogP contribution in [0.3, 0.4) is 0 Å². The molecule has 3 nitrogen and oxygen atoms in total. The smallest absolute Gasteiger partial charge is 0.337 e. The van der Waals surface area contributed by atoms with Crippen LogP contribution in [0.25, 0.3) is 5.76 Å². The van der Waals surface area contributed by atoms with E-state index >= 15 is 0 Å². The Labute approximate surface area is 124 Å². The van der Waals surface area contributed by atoms with Crippen LogP contribution in [0.5, 0.6) is 5.75 Å². The van der Waals surface area contributed by atoms with E-state index in [0.717, 1.165) is 5.56 Å². The lowest BCUT2D eigenvalue weighted by atomic mass is 10.1. The van der Waals surface area contributed by atoms with Crippen LogP contribution in [0.1, 0.15) is 19.4 Å². The summed E-state index contributed by atoms with van der Waals surface area (Å²) in [5.41, 5.74) is 1.29. The van der Waals surface area contributed by atoms with Gasteiger partial charge in [-0.3, -0.25) is 0 Å². The summed E-state index contributed by atoms with van der Waals surface area (Å²) >= 11 is 0. The number of rotatable bonds is 5. The van der Waals surface area contributed by atoms with Crippen LogP contribution in [0.4, 0.5) is 0 Å². The zero-order valence-electron chi connectivity index (χ0n) is 12.2. The van der Waals surface area contributed by atoms with Crippen molar-refractivity contribution in [2.75, 3.05) is 6.61 Å². The molecule has 0 fully saturated rings. The van der Waals surface area contributed by atoms with E-state index in [0.29, 0.717) is 23.7 Å². The van der Waals surface area contributed by atoms with Gasteiger partial charge in [0.05, 0.1) is 12.2 Å². The maximum atomic E-state index is 12.0. The summed E-state index contributed by atoms with van der Waals surface area (Å²) in [6.45, 7) is 3.83. The van der Waals surface area contributed by atoms with E-state index < -0.39 is 0 Å². The van der Waals surface area contributed by atoms with Gasteiger partial charge < -0.3 is 9.47 Å². The number of benzene rings is 2. The lowest BCUT2D eigenvalue weighted by Gasteiger charge is -2.13. The minimum Gasteiger partial charge on any atom is -0.463 e. The molecule has 21 heavy (non-hydrogen) atoms. The van der Waals surface area contributed by atoms with Gasteiger partial charge in [-0.2, -0.15) is 0 Å². The standard InChI is InChI=1S/C18H18O3/c1-3-20-18(19)14(2)17(15-10-6-4-7-11-15)21-16-12-8-5-9-13-16/h4-13H,3H2,1-2H3. The number of hydrogen-bond donors (Lipinski definition) is 0. The summed E-state index contributed by atoms with van der Waals surface area (Å²) in [6.07, 6.45) is 0. The van der Waals surface area contributed by atoms with Gasteiger partial charge in [0.25, 0.3) is 0 Å². The molecule has 0 saturated carbocycles. The molecule has 0 heterocycles. The Morgan fingerprint density at radius 3 is 2.10 bits per heavy atom. The van der Waals surface area contributed by atoms with Crippen LogP contribution >= 0.6 is 0 Å². The van der Waals surface area contributed by atoms with Crippen molar-refractivity contribution >= 4 is 11.7 Å². The molecule has 0 saturated heterocycles.